The van der Waals surface area contributed by atoms with Crippen molar-refractivity contribution in [2.24, 2.45) is 0 Å². The molecule has 330 valence electrons. The predicted molar refractivity (Wildman–Crippen MR) is 240 cm³/mol. The molecule has 19 heteroatoms. The number of methoxy groups -OCH3 is 1. The third-order valence-electron chi connectivity index (χ3n) is 0. The van der Waals surface area contributed by atoms with Gasteiger partial charge in [0, 0.05) is 23.7 Å². The zero-order valence-electron chi connectivity index (χ0n) is 37.7. The summed E-state index contributed by atoms with van der Waals surface area (Å²) in [5.41, 5.74) is 0. The first kappa shape index (κ1) is 144. The van der Waals surface area contributed by atoms with Crippen molar-refractivity contribution in [1.82, 2.24) is 37.2 Å². The van der Waals surface area contributed by atoms with Crippen LogP contribution in [0.1, 0.15) is 34.1 Å². The van der Waals surface area contributed by atoms with Gasteiger partial charge in [-0.05, 0) is 111 Å². The molecule has 0 aromatic heterocycles. The first-order valence-electron chi connectivity index (χ1n) is 14.7. The van der Waals surface area contributed by atoms with Gasteiger partial charge in [-0.15, -0.1) is 0 Å². The number of halogens is 7. The molecule has 0 saturated heterocycles. The van der Waals surface area contributed by atoms with E-state index >= 15 is 0 Å². The van der Waals surface area contributed by atoms with Crippen LogP contribution >= 0.6 is 11.8 Å². The molecule has 0 aromatic rings. The second-order valence-electron chi connectivity index (χ2n) is 6.85. The van der Waals surface area contributed by atoms with Crippen LogP contribution in [0.5, 0.6) is 0 Å². The fourth-order valence-corrected chi connectivity index (χ4v) is 0. The zero-order chi connectivity index (χ0) is 37.2. The van der Waals surface area contributed by atoms with Gasteiger partial charge in [-0.1, -0.05) is 47.2 Å². The Labute approximate surface area is 321 Å². The van der Waals surface area contributed by atoms with Crippen LogP contribution in [0.15, 0.2) is 0 Å². The average Bonchev–Trinajstić information content (AvgIpc) is 2.87. The summed E-state index contributed by atoms with van der Waals surface area (Å²) < 4.78 is 4.25. The molecule has 48 heavy (non-hydrogen) atoms. The molecule has 0 rings (SSSR count). The Morgan fingerprint density at radius 3 is 0.500 bits per heavy atom. The average molecular weight is 912 g/mol. The van der Waals surface area contributed by atoms with Gasteiger partial charge in [0.1, 0.15) is 0 Å². The molecule has 8 nitrogen and oxygen atoms in total. The molecule has 0 unspecified atom stereocenters. The van der Waals surface area contributed by atoms with E-state index in [2.05, 4.69) is 92.1 Å². The third kappa shape index (κ3) is 146000. The molecule has 0 heterocycles. The molecule has 0 bridgehead atoms. The van der Waals surface area contributed by atoms with Crippen LogP contribution in [0.3, 0.4) is 0 Å². The van der Waals surface area contributed by atoms with Crippen molar-refractivity contribution in [3.05, 3.63) is 0 Å². The Balaban J connectivity index is -0.00000000852. The quantitative estimate of drug-likeness (QED) is 0.136. The summed E-state index contributed by atoms with van der Waals surface area (Å²) in [6.45, 7) is 12.8. The molecule has 0 aliphatic heterocycles. The first-order valence-corrected chi connectivity index (χ1v) is 28.5. The van der Waals surface area contributed by atoms with Crippen molar-refractivity contribution >= 4 is 51.7 Å². The van der Waals surface area contributed by atoms with E-state index < -0.39 is 0 Å². The van der Waals surface area contributed by atoms with Crippen LogP contribution in [0.25, 0.3) is 0 Å². The Morgan fingerprint density at radius 1 is 0.500 bits per heavy atom. The summed E-state index contributed by atoms with van der Waals surface area (Å²) in [5, 5.41) is 19.2. The van der Waals surface area contributed by atoms with Crippen LogP contribution < -0.4 is 37.2 Å². The number of hydrogen-bond donors (Lipinski definition) is 7. The fourth-order valence-electron chi connectivity index (χ4n) is 0. The van der Waals surface area contributed by atoms with E-state index in [1.165, 1.54) is 6.42 Å². The Morgan fingerprint density at radius 2 is 0.500 bits per heavy atom. The normalized spacial score (nSPS) is 5.00. The van der Waals surface area contributed by atoms with Crippen LogP contribution in [-0.2, 0) is 4.74 Å². The van der Waals surface area contributed by atoms with E-state index in [4.69, 9.17) is 0 Å². The Hall–Kier alpha value is 0.819. The molecule has 0 atom stereocenters. The number of thioether (sulfide) groups is 1. The van der Waals surface area contributed by atoms with Gasteiger partial charge in [0.05, 0.1) is 0 Å². The van der Waals surface area contributed by atoms with E-state index in [1.807, 2.05) is 125 Å². The van der Waals surface area contributed by atoms with Crippen LogP contribution in [0.2, 0.25) is 36.3 Å². The SMILES string of the molecule is CC.CCC.CNC.CNC.CNC.CNC.CNC.CNC.CNC.COC.CSC.C[Se]C.C[SiH2]C.F.F.F.F.F.F.F.[CH3][GeH2][CH3]. The van der Waals surface area contributed by atoms with Gasteiger partial charge in [-0.3, -0.25) is 32.9 Å². The monoisotopic (exact) mass is 914 g/mol. The second-order valence-corrected chi connectivity index (χ2v) is 13.8. The van der Waals surface area contributed by atoms with Crippen LogP contribution in [-0.4, -0.2) is 165 Å². The van der Waals surface area contributed by atoms with Crippen molar-refractivity contribution in [3.8, 4) is 0 Å². The number of nitrogens with one attached hydrogen (secondary N) is 7. The van der Waals surface area contributed by atoms with E-state index in [1.54, 1.807) is 26.0 Å². The molecule has 7 N–H and O–H groups in total. The fraction of sp³-hybridized carbons (Fsp3) is 1.00. The van der Waals surface area contributed by atoms with Crippen molar-refractivity contribution in [1.29, 1.82) is 0 Å². The molecular weight excluding hydrogens is 807 g/mol. The summed E-state index contributed by atoms with van der Waals surface area (Å²) in [5.74, 6) is 9.00. The molecule has 0 saturated carbocycles. The molecule has 0 aliphatic carbocycles. The van der Waals surface area contributed by atoms with Crippen molar-refractivity contribution in [3.63, 3.8) is 0 Å². The van der Waals surface area contributed by atoms with Gasteiger partial charge >= 0.3 is 53.5 Å². The van der Waals surface area contributed by atoms with Gasteiger partial charge in [0.15, 0.2) is 0 Å². The first-order chi connectivity index (χ1) is 19.4. The number of rotatable bonds is 0. The minimum absolute atomic E-state index is 0. The number of hydrogen-bond acceptors (Lipinski definition) is 9. The maximum absolute atomic E-state index is 4.25. The minimum atomic E-state index is 0. The van der Waals surface area contributed by atoms with Gasteiger partial charge < -0.3 is 42.0 Å². The van der Waals surface area contributed by atoms with Crippen molar-refractivity contribution in [2.45, 2.75) is 70.4 Å². The standard InChI is InChI=1S/C3H8.C2H8Ge.7C2H7N.C2H6O.C2H6S.C2H6Se.C2H8Si.C2H6.7FH/c13*1-3-2;1-2;;;;;;;/h2*3H2,1-2H3;7*3H,1-2H3;3*1-2H3;3H2,1-2H3;1-2H3;7*1H. The summed E-state index contributed by atoms with van der Waals surface area (Å²) >= 11 is 2.75. The molecular formula is C29H104F7GeN7OSSeSi. The Kier molecular flexibility index (Phi) is 1650. The van der Waals surface area contributed by atoms with Gasteiger partial charge in [-0.25, -0.2) is 0 Å². The van der Waals surface area contributed by atoms with Crippen molar-refractivity contribution in [2.75, 3.05) is 125 Å². The van der Waals surface area contributed by atoms with Gasteiger partial charge in [-0.2, -0.15) is 11.8 Å². The zero-order valence-corrected chi connectivity index (χ0v) is 44.6. The van der Waals surface area contributed by atoms with Crippen LogP contribution in [0, 0.1) is 0 Å². The molecule has 0 spiro atoms. The summed E-state index contributed by atoms with van der Waals surface area (Å²) in [4.78, 5) is 0. The number of ether oxygens (including phenoxy) is 1. The molecule has 0 radical (unpaired) electrons. The van der Waals surface area contributed by atoms with Crippen LogP contribution in [0.4, 0.5) is 32.9 Å². The second kappa shape index (κ2) is 549. The van der Waals surface area contributed by atoms with E-state index in [0.717, 1.165) is 15.0 Å². The summed E-state index contributed by atoms with van der Waals surface area (Å²) in [6, 6.07) is 0. The molecule has 0 aliphatic rings. The van der Waals surface area contributed by atoms with Crippen molar-refractivity contribution < 1.29 is 37.7 Å². The Bertz CT molecular complexity index is 136. The predicted octanol–water partition coefficient (Wildman–Crippen LogP) is 4.89. The van der Waals surface area contributed by atoms with E-state index in [-0.39, 0.29) is 48.4 Å². The van der Waals surface area contributed by atoms with Gasteiger partial charge in [0.25, 0.3) is 0 Å². The maximum atomic E-state index is 4.25. The molecule has 0 fully saturated rings. The van der Waals surface area contributed by atoms with E-state index in [9.17, 15) is 0 Å². The molecule has 0 amide bonds. The summed E-state index contributed by atoms with van der Waals surface area (Å²) in [7, 11) is 29.9. The molecule has 0 aromatic carbocycles. The van der Waals surface area contributed by atoms with E-state index in [0.29, 0.717) is 9.52 Å². The summed E-state index contributed by atoms with van der Waals surface area (Å²) in [6.07, 6.45) is 5.33. The van der Waals surface area contributed by atoms with Gasteiger partial charge in [0.2, 0.25) is 0 Å². The topological polar surface area (TPSA) is 93.4 Å². The third-order valence-corrected chi connectivity index (χ3v) is 0.